The molecule has 0 bridgehead atoms. The normalized spacial score (nSPS) is 21.4. The molecule has 4 nitrogen and oxygen atoms in total. The summed E-state index contributed by atoms with van der Waals surface area (Å²) in [7, 11) is 0. The summed E-state index contributed by atoms with van der Waals surface area (Å²) in [6, 6.07) is 11.8. The average molecular weight is 243 g/mol. The highest BCUT2D eigenvalue weighted by Gasteiger charge is 2.30. The topological polar surface area (TPSA) is 70.1 Å². The second kappa shape index (κ2) is 5.65. The van der Waals surface area contributed by atoms with Crippen molar-refractivity contribution < 1.29 is 4.79 Å². The van der Waals surface area contributed by atoms with Crippen LogP contribution in [0.5, 0.6) is 0 Å². The summed E-state index contributed by atoms with van der Waals surface area (Å²) in [6.07, 6.45) is 1.78. The highest BCUT2D eigenvalue weighted by atomic mass is 16.1. The first-order valence-corrected chi connectivity index (χ1v) is 6.20. The molecule has 1 fully saturated rings. The van der Waals surface area contributed by atoms with Gasteiger partial charge in [0.05, 0.1) is 18.0 Å². The van der Waals surface area contributed by atoms with Crippen molar-refractivity contribution in [1.29, 1.82) is 5.26 Å². The molecule has 2 unspecified atom stereocenters. The van der Waals surface area contributed by atoms with E-state index in [-0.39, 0.29) is 17.9 Å². The Bertz CT molecular complexity index is 452. The van der Waals surface area contributed by atoms with Crippen LogP contribution >= 0.6 is 0 Å². The molecule has 0 aliphatic carbocycles. The van der Waals surface area contributed by atoms with Crippen LogP contribution in [0, 0.1) is 11.3 Å². The summed E-state index contributed by atoms with van der Waals surface area (Å²) in [5, 5.41) is 9.27. The first-order chi connectivity index (χ1) is 8.72. The fourth-order valence-corrected chi connectivity index (χ4v) is 2.51. The summed E-state index contributed by atoms with van der Waals surface area (Å²) < 4.78 is 0. The number of hydrogen-bond acceptors (Lipinski definition) is 3. The van der Waals surface area contributed by atoms with Crippen LogP contribution in [0.2, 0.25) is 0 Å². The molecule has 2 N–H and O–H groups in total. The van der Waals surface area contributed by atoms with Crippen molar-refractivity contribution in [1.82, 2.24) is 4.90 Å². The predicted molar refractivity (Wildman–Crippen MR) is 68.6 cm³/mol. The summed E-state index contributed by atoms with van der Waals surface area (Å²) in [6.45, 7) is 1.42. The molecule has 94 valence electrons. The Morgan fingerprint density at radius 2 is 2.22 bits per heavy atom. The van der Waals surface area contributed by atoms with Gasteiger partial charge in [0, 0.05) is 6.54 Å². The van der Waals surface area contributed by atoms with Gasteiger partial charge >= 0.3 is 0 Å². The number of nitrogens with two attached hydrogens (primary N) is 1. The third-order valence-corrected chi connectivity index (χ3v) is 3.47. The Balaban J connectivity index is 2.08. The molecule has 1 aliphatic heterocycles. The number of rotatable bonds is 4. The Morgan fingerprint density at radius 1 is 1.50 bits per heavy atom. The van der Waals surface area contributed by atoms with E-state index in [4.69, 9.17) is 5.73 Å². The number of carbonyl (C=O) groups excluding carboxylic acids is 1. The van der Waals surface area contributed by atoms with Crippen LogP contribution < -0.4 is 5.73 Å². The smallest absolute Gasteiger partial charge is 0.234 e. The fourth-order valence-electron chi connectivity index (χ4n) is 2.51. The van der Waals surface area contributed by atoms with Crippen molar-refractivity contribution in [2.75, 3.05) is 13.1 Å². The molecular weight excluding hydrogens is 226 g/mol. The van der Waals surface area contributed by atoms with Crippen molar-refractivity contribution in [3.05, 3.63) is 35.9 Å². The number of primary amides is 1. The highest BCUT2D eigenvalue weighted by molar-refractivity contribution is 5.80. The number of nitrogens with zero attached hydrogens (tertiary/aromatic N) is 2. The lowest BCUT2D eigenvalue weighted by Crippen LogP contribution is -2.42. The van der Waals surface area contributed by atoms with Crippen molar-refractivity contribution in [2.24, 2.45) is 5.73 Å². The maximum absolute atomic E-state index is 11.3. The molecule has 2 atom stereocenters. The van der Waals surface area contributed by atoms with Gasteiger partial charge in [0.25, 0.3) is 0 Å². The number of benzene rings is 1. The molecule has 1 heterocycles. The monoisotopic (exact) mass is 243 g/mol. The lowest BCUT2D eigenvalue weighted by Gasteiger charge is -2.24. The molecule has 1 aromatic rings. The van der Waals surface area contributed by atoms with E-state index in [0.29, 0.717) is 6.54 Å². The first-order valence-electron chi connectivity index (χ1n) is 6.20. The lowest BCUT2D eigenvalue weighted by atomic mass is 10.00. The maximum atomic E-state index is 11.3. The Morgan fingerprint density at radius 3 is 2.83 bits per heavy atom. The molecule has 0 saturated carbocycles. The van der Waals surface area contributed by atoms with Crippen LogP contribution in [0.1, 0.15) is 24.3 Å². The standard InChI is InChI=1S/C14H17N3O/c15-9-12(11-5-2-1-3-6-11)10-17-8-4-7-13(17)14(16)18/h1-3,5-6,12-13H,4,7-8,10H2,(H2,16,18). The summed E-state index contributed by atoms with van der Waals surface area (Å²) in [4.78, 5) is 13.3. The van der Waals surface area contributed by atoms with Gasteiger partial charge in [0.2, 0.25) is 5.91 Å². The molecule has 1 amide bonds. The number of hydrogen-bond donors (Lipinski definition) is 1. The van der Waals surface area contributed by atoms with Crippen LogP contribution in [0.4, 0.5) is 0 Å². The van der Waals surface area contributed by atoms with Crippen molar-refractivity contribution in [3.8, 4) is 6.07 Å². The van der Waals surface area contributed by atoms with Gasteiger partial charge in [-0.3, -0.25) is 9.69 Å². The second-order valence-corrected chi connectivity index (χ2v) is 4.65. The van der Waals surface area contributed by atoms with Crippen LogP contribution in [-0.2, 0) is 4.79 Å². The summed E-state index contributed by atoms with van der Waals surface area (Å²) in [5.74, 6) is -0.483. The maximum Gasteiger partial charge on any atom is 0.234 e. The molecule has 0 radical (unpaired) electrons. The lowest BCUT2D eigenvalue weighted by molar-refractivity contribution is -0.122. The number of carbonyl (C=O) groups is 1. The van der Waals surface area contributed by atoms with Gasteiger partial charge < -0.3 is 5.73 Å². The summed E-state index contributed by atoms with van der Waals surface area (Å²) >= 11 is 0. The minimum Gasteiger partial charge on any atom is -0.368 e. The van der Waals surface area contributed by atoms with E-state index in [1.165, 1.54) is 0 Å². The zero-order chi connectivity index (χ0) is 13.0. The van der Waals surface area contributed by atoms with Gasteiger partial charge in [0.15, 0.2) is 0 Å². The van der Waals surface area contributed by atoms with Crippen LogP contribution in [-0.4, -0.2) is 29.9 Å². The Hall–Kier alpha value is -1.86. The molecule has 1 saturated heterocycles. The third-order valence-electron chi connectivity index (χ3n) is 3.47. The van der Waals surface area contributed by atoms with Crippen LogP contribution in [0.15, 0.2) is 30.3 Å². The third kappa shape index (κ3) is 2.69. The van der Waals surface area contributed by atoms with E-state index >= 15 is 0 Å². The van der Waals surface area contributed by atoms with Gasteiger partial charge in [-0.2, -0.15) is 5.26 Å². The molecule has 0 spiro atoms. The van der Waals surface area contributed by atoms with Crippen LogP contribution in [0.3, 0.4) is 0 Å². The van der Waals surface area contributed by atoms with Crippen molar-refractivity contribution >= 4 is 5.91 Å². The first kappa shape index (κ1) is 12.6. The molecule has 1 aliphatic rings. The van der Waals surface area contributed by atoms with Gasteiger partial charge in [-0.25, -0.2) is 0 Å². The number of likely N-dealkylation sites (tertiary alicyclic amines) is 1. The molecule has 1 aromatic carbocycles. The van der Waals surface area contributed by atoms with E-state index in [1.807, 2.05) is 35.2 Å². The average Bonchev–Trinajstić information content (AvgIpc) is 2.85. The second-order valence-electron chi connectivity index (χ2n) is 4.65. The van der Waals surface area contributed by atoms with E-state index in [2.05, 4.69) is 6.07 Å². The molecule has 18 heavy (non-hydrogen) atoms. The molecular formula is C14H17N3O. The van der Waals surface area contributed by atoms with Gasteiger partial charge in [-0.05, 0) is 24.9 Å². The van der Waals surface area contributed by atoms with Crippen molar-refractivity contribution in [2.45, 2.75) is 24.8 Å². The van der Waals surface area contributed by atoms with Gasteiger partial charge in [0.1, 0.15) is 0 Å². The quantitative estimate of drug-likeness (QED) is 0.865. The van der Waals surface area contributed by atoms with E-state index in [0.717, 1.165) is 24.9 Å². The van der Waals surface area contributed by atoms with Crippen LogP contribution in [0.25, 0.3) is 0 Å². The molecule has 2 rings (SSSR count). The number of nitriles is 1. The van der Waals surface area contributed by atoms with E-state index < -0.39 is 0 Å². The Labute approximate surface area is 107 Å². The van der Waals surface area contributed by atoms with Gasteiger partial charge in [-0.1, -0.05) is 30.3 Å². The minimum absolute atomic E-state index is 0.203. The van der Waals surface area contributed by atoms with E-state index in [9.17, 15) is 10.1 Å². The molecule has 4 heteroatoms. The SMILES string of the molecule is N#CC(CN1CCCC1C(N)=O)c1ccccc1. The van der Waals surface area contributed by atoms with Crippen molar-refractivity contribution in [3.63, 3.8) is 0 Å². The largest absolute Gasteiger partial charge is 0.368 e. The Kier molecular flexibility index (Phi) is 3.96. The fraction of sp³-hybridized carbons (Fsp3) is 0.429. The number of amides is 1. The zero-order valence-electron chi connectivity index (χ0n) is 10.2. The summed E-state index contributed by atoms with van der Waals surface area (Å²) in [5.41, 5.74) is 6.38. The van der Waals surface area contributed by atoms with Gasteiger partial charge in [-0.15, -0.1) is 0 Å². The van der Waals surface area contributed by atoms with E-state index in [1.54, 1.807) is 0 Å². The highest BCUT2D eigenvalue weighted by Crippen LogP contribution is 2.22. The molecule has 0 aromatic heterocycles. The minimum atomic E-state index is -0.280. The predicted octanol–water partition coefficient (Wildman–Crippen LogP) is 1.24. The zero-order valence-corrected chi connectivity index (χ0v) is 10.2.